The lowest BCUT2D eigenvalue weighted by atomic mass is 10.1. The van der Waals surface area contributed by atoms with Crippen molar-refractivity contribution in [3.63, 3.8) is 0 Å². The summed E-state index contributed by atoms with van der Waals surface area (Å²) in [5.41, 5.74) is 8.16. The Labute approximate surface area is 122 Å². The minimum atomic E-state index is 0.663. The summed E-state index contributed by atoms with van der Waals surface area (Å²) in [6.07, 6.45) is 0. The lowest BCUT2D eigenvalue weighted by Gasteiger charge is -2.45. The van der Waals surface area contributed by atoms with Gasteiger partial charge in [-0.15, -0.1) is 0 Å². The average Bonchev–Trinajstić information content (AvgIpc) is 2.80. The van der Waals surface area contributed by atoms with Gasteiger partial charge in [-0.05, 0) is 18.2 Å². The minimum Gasteiger partial charge on any atom is -0.423 e. The number of nitrogen functional groups attached to an aromatic ring is 1. The third-order valence-electron chi connectivity index (χ3n) is 4.10. The number of fused-ring (bicyclic) bond motifs is 1. The number of rotatable bonds is 2. The predicted molar refractivity (Wildman–Crippen MR) is 83.3 cm³/mol. The molecular weight excluding hydrogens is 272 g/mol. The van der Waals surface area contributed by atoms with Crippen LogP contribution in [0.25, 0.3) is 11.1 Å². The molecule has 1 aromatic carbocycles. The summed E-state index contributed by atoms with van der Waals surface area (Å²) in [5, 5.41) is 0. The van der Waals surface area contributed by atoms with Gasteiger partial charge in [-0.25, -0.2) is 0 Å². The molecule has 2 aromatic rings. The molecule has 2 aliphatic heterocycles. The Morgan fingerprint density at radius 3 is 2.85 bits per heavy atom. The van der Waals surface area contributed by atoms with Crippen molar-refractivity contribution in [1.82, 2.24) is 9.88 Å². The predicted octanol–water partition coefficient (Wildman–Crippen LogP) is 1.65. The molecule has 1 aromatic heterocycles. The molecule has 4 rings (SSSR count). The summed E-state index contributed by atoms with van der Waals surface area (Å²) in [7, 11) is 0. The third-order valence-corrected chi connectivity index (χ3v) is 5.04. The first kappa shape index (κ1) is 12.3. The first-order valence-corrected chi connectivity index (χ1v) is 8.18. The van der Waals surface area contributed by atoms with Gasteiger partial charge < -0.3 is 15.1 Å². The Kier molecular flexibility index (Phi) is 3.00. The maximum atomic E-state index is 5.80. The summed E-state index contributed by atoms with van der Waals surface area (Å²) in [4.78, 5) is 9.33. The van der Waals surface area contributed by atoms with Gasteiger partial charge in [0.05, 0.1) is 0 Å². The van der Waals surface area contributed by atoms with E-state index < -0.39 is 0 Å². The van der Waals surface area contributed by atoms with Crippen molar-refractivity contribution in [2.24, 2.45) is 0 Å². The maximum absolute atomic E-state index is 5.80. The van der Waals surface area contributed by atoms with Crippen LogP contribution in [0, 0.1) is 0 Å². The number of hydrogen-bond acceptors (Lipinski definition) is 6. The third kappa shape index (κ3) is 2.13. The van der Waals surface area contributed by atoms with Crippen LogP contribution in [0.1, 0.15) is 0 Å². The van der Waals surface area contributed by atoms with Crippen molar-refractivity contribution in [2.45, 2.75) is 6.04 Å². The molecule has 2 aliphatic rings. The van der Waals surface area contributed by atoms with Gasteiger partial charge in [0.25, 0.3) is 6.01 Å². The van der Waals surface area contributed by atoms with Crippen molar-refractivity contribution in [1.29, 1.82) is 0 Å². The molecule has 5 nitrogen and oxygen atoms in total. The zero-order chi connectivity index (χ0) is 13.5. The number of aromatic nitrogens is 1. The van der Waals surface area contributed by atoms with Gasteiger partial charge >= 0.3 is 0 Å². The summed E-state index contributed by atoms with van der Waals surface area (Å²) in [6.45, 7) is 4.47. The Hall–Kier alpha value is -1.40. The van der Waals surface area contributed by atoms with Gasteiger partial charge in [0.15, 0.2) is 5.58 Å². The van der Waals surface area contributed by atoms with E-state index in [9.17, 15) is 0 Å². The number of nitrogens with two attached hydrogens (primary N) is 1. The first-order valence-electron chi connectivity index (χ1n) is 7.02. The number of anilines is 2. The molecule has 0 unspecified atom stereocenters. The molecular formula is C14H18N4OS. The Morgan fingerprint density at radius 2 is 2.05 bits per heavy atom. The highest BCUT2D eigenvalue weighted by Crippen LogP contribution is 2.28. The molecule has 2 N–H and O–H groups in total. The van der Waals surface area contributed by atoms with E-state index in [1.165, 1.54) is 24.6 Å². The summed E-state index contributed by atoms with van der Waals surface area (Å²) in [6, 6.07) is 6.99. The Morgan fingerprint density at radius 1 is 1.25 bits per heavy atom. The maximum Gasteiger partial charge on any atom is 0.298 e. The Balaban J connectivity index is 1.46. The first-order chi connectivity index (χ1) is 9.79. The van der Waals surface area contributed by atoms with Crippen molar-refractivity contribution >= 4 is 34.6 Å². The second kappa shape index (κ2) is 4.86. The van der Waals surface area contributed by atoms with Gasteiger partial charge in [-0.2, -0.15) is 16.7 Å². The fourth-order valence-corrected chi connectivity index (χ4v) is 3.78. The van der Waals surface area contributed by atoms with Crippen LogP contribution in [0.4, 0.5) is 11.7 Å². The lowest BCUT2D eigenvalue weighted by Crippen LogP contribution is -2.61. The van der Waals surface area contributed by atoms with Gasteiger partial charge in [0, 0.05) is 49.4 Å². The number of hydrogen-bond donors (Lipinski definition) is 1. The standard InChI is InChI=1S/C14H18N4OS/c15-10-1-2-13-12(7-10)16-14(19-13)18-8-11(9-18)17-3-5-20-6-4-17/h1-2,7,11H,3-6,8-9,15H2. The fraction of sp³-hybridized carbons (Fsp3) is 0.500. The topological polar surface area (TPSA) is 58.5 Å². The zero-order valence-electron chi connectivity index (χ0n) is 11.3. The highest BCUT2D eigenvalue weighted by molar-refractivity contribution is 7.99. The van der Waals surface area contributed by atoms with E-state index in [2.05, 4.69) is 26.5 Å². The zero-order valence-corrected chi connectivity index (χ0v) is 12.1. The van der Waals surface area contributed by atoms with Gasteiger partial charge in [-0.1, -0.05) is 0 Å². The summed E-state index contributed by atoms with van der Waals surface area (Å²) >= 11 is 2.05. The average molecular weight is 290 g/mol. The van der Waals surface area contributed by atoms with Crippen LogP contribution in [0.5, 0.6) is 0 Å². The molecule has 0 aliphatic carbocycles. The number of nitrogens with zero attached hydrogens (tertiary/aromatic N) is 3. The number of thioether (sulfide) groups is 1. The molecule has 2 saturated heterocycles. The summed E-state index contributed by atoms with van der Waals surface area (Å²) in [5.74, 6) is 2.53. The highest BCUT2D eigenvalue weighted by atomic mass is 32.2. The molecule has 0 spiro atoms. The number of oxazole rings is 1. The number of benzene rings is 1. The monoisotopic (exact) mass is 290 g/mol. The lowest BCUT2D eigenvalue weighted by molar-refractivity contribution is 0.178. The molecule has 6 heteroatoms. The smallest absolute Gasteiger partial charge is 0.298 e. The van der Waals surface area contributed by atoms with Crippen LogP contribution in [0.2, 0.25) is 0 Å². The molecule has 2 fully saturated rings. The molecule has 0 atom stereocenters. The molecule has 106 valence electrons. The van der Waals surface area contributed by atoms with Crippen LogP contribution in [-0.4, -0.2) is 53.6 Å². The van der Waals surface area contributed by atoms with Crippen LogP contribution < -0.4 is 10.6 Å². The molecule has 20 heavy (non-hydrogen) atoms. The Bertz CT molecular complexity index is 617. The quantitative estimate of drug-likeness (QED) is 0.849. The van der Waals surface area contributed by atoms with E-state index in [4.69, 9.17) is 10.2 Å². The van der Waals surface area contributed by atoms with E-state index in [0.717, 1.165) is 35.9 Å². The summed E-state index contributed by atoms with van der Waals surface area (Å²) < 4.78 is 5.80. The van der Waals surface area contributed by atoms with E-state index in [1.807, 2.05) is 18.2 Å². The van der Waals surface area contributed by atoms with E-state index in [1.54, 1.807) is 0 Å². The molecule has 0 bridgehead atoms. The second-order valence-corrected chi connectivity index (χ2v) is 6.66. The van der Waals surface area contributed by atoms with E-state index >= 15 is 0 Å². The van der Waals surface area contributed by atoms with Gasteiger partial charge in [-0.3, -0.25) is 4.90 Å². The van der Waals surface area contributed by atoms with E-state index in [0.29, 0.717) is 6.04 Å². The van der Waals surface area contributed by atoms with Crippen LogP contribution in [0.15, 0.2) is 22.6 Å². The van der Waals surface area contributed by atoms with Crippen molar-refractivity contribution in [2.75, 3.05) is 48.3 Å². The van der Waals surface area contributed by atoms with Crippen molar-refractivity contribution in [3.8, 4) is 0 Å². The SMILES string of the molecule is Nc1ccc2oc(N3CC(N4CCSCC4)C3)nc2c1. The van der Waals surface area contributed by atoms with E-state index in [-0.39, 0.29) is 0 Å². The van der Waals surface area contributed by atoms with Gasteiger partial charge in [0.1, 0.15) is 5.52 Å². The van der Waals surface area contributed by atoms with Crippen molar-refractivity contribution in [3.05, 3.63) is 18.2 Å². The fourth-order valence-electron chi connectivity index (χ4n) is 2.85. The van der Waals surface area contributed by atoms with Gasteiger partial charge in [0.2, 0.25) is 0 Å². The molecule has 0 amide bonds. The van der Waals surface area contributed by atoms with Crippen LogP contribution in [0.3, 0.4) is 0 Å². The van der Waals surface area contributed by atoms with Crippen LogP contribution in [-0.2, 0) is 0 Å². The van der Waals surface area contributed by atoms with Crippen molar-refractivity contribution < 1.29 is 4.42 Å². The largest absolute Gasteiger partial charge is 0.423 e. The van der Waals surface area contributed by atoms with Crippen LogP contribution >= 0.6 is 11.8 Å². The molecule has 0 radical (unpaired) electrons. The highest BCUT2D eigenvalue weighted by Gasteiger charge is 2.34. The minimum absolute atomic E-state index is 0.663. The molecule has 0 saturated carbocycles. The normalized spacial score (nSPS) is 21.3. The molecule has 3 heterocycles. The second-order valence-electron chi connectivity index (χ2n) is 5.43.